The molecule has 1 aliphatic rings. The molecule has 2 N–H and O–H groups in total. The first kappa shape index (κ1) is 16.7. The van der Waals surface area contributed by atoms with Crippen LogP contribution in [0.5, 0.6) is 0 Å². The number of nitrogens with zero attached hydrogens (tertiary/aromatic N) is 2. The molecule has 0 saturated heterocycles. The lowest BCUT2D eigenvalue weighted by atomic mass is 10.2. The van der Waals surface area contributed by atoms with E-state index in [2.05, 4.69) is 20.8 Å². The lowest BCUT2D eigenvalue weighted by Crippen LogP contribution is -2.33. The third kappa shape index (κ3) is 5.29. The number of amides is 2. The normalized spacial score (nSPS) is 15.0. The van der Waals surface area contributed by atoms with Crippen LogP contribution in [0.3, 0.4) is 0 Å². The van der Waals surface area contributed by atoms with Crippen LogP contribution in [0.15, 0.2) is 17.2 Å². The summed E-state index contributed by atoms with van der Waals surface area (Å²) in [7, 11) is 0. The molecule has 1 aromatic rings. The number of nitrogens with one attached hydrogen (secondary N) is 2. The number of thioether (sulfide) groups is 1. The Labute approximate surface area is 134 Å². The molecule has 0 aliphatic heterocycles. The van der Waals surface area contributed by atoms with Gasteiger partial charge in [-0.05, 0) is 25.0 Å². The molecule has 2 amide bonds. The minimum atomic E-state index is -0.102. The maximum atomic E-state index is 11.8. The van der Waals surface area contributed by atoms with Crippen LogP contribution in [0.2, 0.25) is 0 Å². The summed E-state index contributed by atoms with van der Waals surface area (Å²) in [6.07, 6.45) is 4.57. The SMILES string of the molecule is CC(C)C(=O)Nc1ccc(SCC(=O)NC2CCCC2)nn1. The zero-order valence-corrected chi connectivity index (χ0v) is 13.8. The summed E-state index contributed by atoms with van der Waals surface area (Å²) in [6, 6.07) is 3.80. The molecule has 0 atom stereocenters. The fraction of sp³-hybridized carbons (Fsp3) is 0.600. The largest absolute Gasteiger partial charge is 0.353 e. The van der Waals surface area contributed by atoms with Gasteiger partial charge in [-0.2, -0.15) is 0 Å². The smallest absolute Gasteiger partial charge is 0.230 e. The summed E-state index contributed by atoms with van der Waals surface area (Å²) < 4.78 is 0. The summed E-state index contributed by atoms with van der Waals surface area (Å²) in [5.74, 6) is 0.609. The fourth-order valence-corrected chi connectivity index (χ4v) is 2.84. The van der Waals surface area contributed by atoms with Gasteiger partial charge < -0.3 is 10.6 Å². The van der Waals surface area contributed by atoms with Crippen LogP contribution in [0, 0.1) is 5.92 Å². The Morgan fingerprint density at radius 3 is 2.59 bits per heavy atom. The zero-order valence-electron chi connectivity index (χ0n) is 13.0. The number of carbonyl (C=O) groups is 2. The fourth-order valence-electron chi connectivity index (χ4n) is 2.21. The number of aromatic nitrogens is 2. The number of anilines is 1. The van der Waals surface area contributed by atoms with Gasteiger partial charge in [0, 0.05) is 12.0 Å². The van der Waals surface area contributed by atoms with Gasteiger partial charge in [-0.15, -0.1) is 10.2 Å². The van der Waals surface area contributed by atoms with Crippen LogP contribution in [-0.2, 0) is 9.59 Å². The van der Waals surface area contributed by atoms with Crippen molar-refractivity contribution < 1.29 is 9.59 Å². The van der Waals surface area contributed by atoms with Crippen LogP contribution in [0.4, 0.5) is 5.82 Å². The van der Waals surface area contributed by atoms with Crippen LogP contribution < -0.4 is 10.6 Å². The molecule has 6 nitrogen and oxygen atoms in total. The summed E-state index contributed by atoms with van der Waals surface area (Å²) >= 11 is 1.35. The molecule has 0 unspecified atom stereocenters. The zero-order chi connectivity index (χ0) is 15.9. The molecular weight excluding hydrogens is 300 g/mol. The van der Waals surface area contributed by atoms with Crippen molar-refractivity contribution in [2.45, 2.75) is 50.6 Å². The van der Waals surface area contributed by atoms with E-state index in [9.17, 15) is 9.59 Å². The average Bonchev–Trinajstić information content (AvgIpc) is 2.99. The third-order valence-corrected chi connectivity index (χ3v) is 4.41. The number of rotatable bonds is 6. The average molecular weight is 322 g/mol. The quantitative estimate of drug-likeness (QED) is 0.785. The van der Waals surface area contributed by atoms with Crippen LogP contribution >= 0.6 is 11.8 Å². The molecule has 1 fully saturated rings. The molecule has 1 aromatic heterocycles. The van der Waals surface area contributed by atoms with E-state index in [1.807, 2.05) is 13.8 Å². The van der Waals surface area contributed by atoms with Crippen molar-refractivity contribution >= 4 is 29.4 Å². The molecule has 22 heavy (non-hydrogen) atoms. The second-order valence-electron chi connectivity index (χ2n) is 5.74. The molecule has 1 heterocycles. The van der Waals surface area contributed by atoms with E-state index in [1.54, 1.807) is 12.1 Å². The first-order valence-electron chi connectivity index (χ1n) is 7.61. The Morgan fingerprint density at radius 2 is 2.00 bits per heavy atom. The summed E-state index contributed by atoms with van der Waals surface area (Å²) in [4.78, 5) is 23.4. The number of hydrogen-bond donors (Lipinski definition) is 2. The van der Waals surface area contributed by atoms with Gasteiger partial charge >= 0.3 is 0 Å². The van der Waals surface area contributed by atoms with E-state index in [1.165, 1.54) is 24.6 Å². The van der Waals surface area contributed by atoms with Crippen molar-refractivity contribution in [2.24, 2.45) is 5.92 Å². The molecule has 1 saturated carbocycles. The highest BCUT2D eigenvalue weighted by molar-refractivity contribution is 7.99. The minimum absolute atomic E-state index is 0.0379. The molecule has 0 spiro atoms. The number of hydrogen-bond acceptors (Lipinski definition) is 5. The van der Waals surface area contributed by atoms with Crippen LogP contribution in [-0.4, -0.2) is 33.8 Å². The first-order chi connectivity index (χ1) is 10.5. The Bertz CT molecular complexity index is 513. The highest BCUT2D eigenvalue weighted by Crippen LogP contribution is 2.19. The third-order valence-electron chi connectivity index (χ3n) is 3.49. The van der Waals surface area contributed by atoms with Gasteiger partial charge in [0.25, 0.3) is 0 Å². The highest BCUT2D eigenvalue weighted by Gasteiger charge is 2.17. The standard InChI is InChI=1S/C15H22N4O2S/c1-10(2)15(21)17-12-7-8-14(19-18-12)22-9-13(20)16-11-5-3-4-6-11/h7-8,10-11H,3-6,9H2,1-2H3,(H,16,20)(H,17,18,21). The Kier molecular flexibility index (Phi) is 6.18. The topological polar surface area (TPSA) is 84.0 Å². The van der Waals surface area contributed by atoms with Crippen LogP contribution in [0.25, 0.3) is 0 Å². The van der Waals surface area contributed by atoms with Crippen molar-refractivity contribution in [3.8, 4) is 0 Å². The van der Waals surface area contributed by atoms with Gasteiger partial charge in [0.05, 0.1) is 5.75 Å². The molecule has 7 heteroatoms. The van der Waals surface area contributed by atoms with Crippen molar-refractivity contribution in [1.29, 1.82) is 0 Å². The van der Waals surface area contributed by atoms with Crippen LogP contribution in [0.1, 0.15) is 39.5 Å². The first-order valence-corrected chi connectivity index (χ1v) is 8.60. The van der Waals surface area contributed by atoms with E-state index in [4.69, 9.17) is 0 Å². The Hall–Kier alpha value is -1.63. The summed E-state index contributed by atoms with van der Waals surface area (Å²) in [5, 5.41) is 14.3. The van der Waals surface area contributed by atoms with Crippen molar-refractivity contribution in [2.75, 3.05) is 11.1 Å². The summed E-state index contributed by atoms with van der Waals surface area (Å²) in [6.45, 7) is 3.63. The Morgan fingerprint density at radius 1 is 1.27 bits per heavy atom. The predicted octanol–water partition coefficient (Wildman–Crippen LogP) is 2.22. The second kappa shape index (κ2) is 8.12. The lowest BCUT2D eigenvalue weighted by Gasteiger charge is -2.11. The monoisotopic (exact) mass is 322 g/mol. The molecule has 1 aliphatic carbocycles. The molecule has 2 rings (SSSR count). The van der Waals surface area contributed by atoms with E-state index in [0.29, 0.717) is 22.6 Å². The van der Waals surface area contributed by atoms with Crippen molar-refractivity contribution in [1.82, 2.24) is 15.5 Å². The maximum absolute atomic E-state index is 11.8. The number of carbonyl (C=O) groups excluding carboxylic acids is 2. The van der Waals surface area contributed by atoms with Gasteiger partial charge in [0.1, 0.15) is 5.03 Å². The van der Waals surface area contributed by atoms with Gasteiger partial charge in [-0.3, -0.25) is 9.59 Å². The Balaban J connectivity index is 1.76. The van der Waals surface area contributed by atoms with E-state index in [0.717, 1.165) is 12.8 Å². The molecule has 0 radical (unpaired) electrons. The lowest BCUT2D eigenvalue weighted by molar-refractivity contribution is -0.119. The van der Waals surface area contributed by atoms with E-state index >= 15 is 0 Å². The van der Waals surface area contributed by atoms with Gasteiger partial charge in [-0.1, -0.05) is 38.5 Å². The molecule has 120 valence electrons. The molecule has 0 aromatic carbocycles. The molecular formula is C15H22N4O2S. The minimum Gasteiger partial charge on any atom is -0.353 e. The predicted molar refractivity (Wildman–Crippen MR) is 86.6 cm³/mol. The van der Waals surface area contributed by atoms with E-state index in [-0.39, 0.29) is 17.7 Å². The molecule has 0 bridgehead atoms. The maximum Gasteiger partial charge on any atom is 0.230 e. The second-order valence-corrected chi connectivity index (χ2v) is 6.73. The van der Waals surface area contributed by atoms with Crippen molar-refractivity contribution in [3.05, 3.63) is 12.1 Å². The van der Waals surface area contributed by atoms with Gasteiger partial charge in [0.2, 0.25) is 11.8 Å². The highest BCUT2D eigenvalue weighted by atomic mass is 32.2. The van der Waals surface area contributed by atoms with E-state index < -0.39 is 0 Å². The summed E-state index contributed by atoms with van der Waals surface area (Å²) in [5.41, 5.74) is 0. The van der Waals surface area contributed by atoms with Crippen molar-refractivity contribution in [3.63, 3.8) is 0 Å². The van der Waals surface area contributed by atoms with Gasteiger partial charge in [-0.25, -0.2) is 0 Å². The van der Waals surface area contributed by atoms with Gasteiger partial charge in [0.15, 0.2) is 5.82 Å².